The third kappa shape index (κ3) is 4.87. The van der Waals surface area contributed by atoms with Crippen molar-refractivity contribution in [2.75, 3.05) is 24.5 Å². The number of amides is 1. The maximum absolute atomic E-state index is 11.7. The highest BCUT2D eigenvalue weighted by Crippen LogP contribution is 2.12. The first-order chi connectivity index (χ1) is 10.3. The molecule has 1 heterocycles. The van der Waals surface area contributed by atoms with Crippen molar-refractivity contribution in [1.82, 2.24) is 25.5 Å². The lowest BCUT2D eigenvalue weighted by Gasteiger charge is -2.23. The van der Waals surface area contributed by atoms with Crippen molar-refractivity contribution in [2.24, 2.45) is 0 Å². The molecule has 0 fully saturated rings. The highest BCUT2D eigenvalue weighted by Gasteiger charge is 2.05. The lowest BCUT2D eigenvalue weighted by Crippen LogP contribution is -2.32. The predicted octanol–water partition coefficient (Wildman–Crippen LogP) is 0.706. The van der Waals surface area contributed by atoms with E-state index in [1.54, 1.807) is 0 Å². The van der Waals surface area contributed by atoms with Gasteiger partial charge < -0.3 is 10.2 Å². The number of aromatic nitrogens is 4. The largest absolute Gasteiger partial charge is 0.372 e. The van der Waals surface area contributed by atoms with Gasteiger partial charge in [0.1, 0.15) is 12.9 Å². The van der Waals surface area contributed by atoms with Crippen LogP contribution in [0.2, 0.25) is 0 Å². The van der Waals surface area contributed by atoms with Crippen LogP contribution in [0, 0.1) is 0 Å². The Morgan fingerprint density at radius 3 is 2.81 bits per heavy atom. The fourth-order valence-corrected chi connectivity index (χ4v) is 2.06. The van der Waals surface area contributed by atoms with E-state index in [1.165, 1.54) is 16.7 Å². The van der Waals surface area contributed by atoms with Crippen LogP contribution in [0.15, 0.2) is 36.7 Å². The first kappa shape index (κ1) is 15.0. The van der Waals surface area contributed by atoms with Gasteiger partial charge in [-0.2, -0.15) is 0 Å². The van der Waals surface area contributed by atoms with Crippen LogP contribution in [-0.2, 0) is 11.3 Å². The summed E-state index contributed by atoms with van der Waals surface area (Å²) >= 11 is 0. The number of hydrogen-bond acceptors (Lipinski definition) is 5. The quantitative estimate of drug-likeness (QED) is 0.724. The molecule has 0 atom stereocenters. The second-order valence-electron chi connectivity index (χ2n) is 4.63. The van der Waals surface area contributed by atoms with Crippen molar-refractivity contribution in [3.05, 3.63) is 36.7 Å². The number of benzene rings is 1. The lowest BCUT2D eigenvalue weighted by atomic mass is 10.2. The molecule has 2 aromatic rings. The minimum atomic E-state index is -0.0786. The Hall–Kier alpha value is -2.44. The molecule has 2 rings (SSSR count). The molecule has 0 aliphatic carbocycles. The molecule has 0 aliphatic rings. The summed E-state index contributed by atoms with van der Waals surface area (Å²) in [5, 5.41) is 13.5. The molecule has 1 amide bonds. The maximum atomic E-state index is 11.7. The van der Waals surface area contributed by atoms with Crippen molar-refractivity contribution >= 4 is 11.6 Å². The van der Waals surface area contributed by atoms with Crippen molar-refractivity contribution in [2.45, 2.75) is 19.9 Å². The standard InChI is InChI=1S/C14H20N6O/c1-2-19(13-7-4-3-5-8-13)10-6-9-15-14(21)11-20-12-16-17-18-20/h3-5,7-8,12H,2,6,9-11H2,1H3,(H,15,21). The fourth-order valence-electron chi connectivity index (χ4n) is 2.06. The third-order valence-electron chi connectivity index (χ3n) is 3.13. The van der Waals surface area contributed by atoms with Crippen molar-refractivity contribution in [1.29, 1.82) is 0 Å². The molecule has 0 aliphatic heterocycles. The summed E-state index contributed by atoms with van der Waals surface area (Å²) in [6.45, 7) is 4.78. The van der Waals surface area contributed by atoms with Gasteiger partial charge in [0.05, 0.1) is 0 Å². The van der Waals surface area contributed by atoms with Gasteiger partial charge in [-0.15, -0.1) is 5.10 Å². The van der Waals surface area contributed by atoms with E-state index in [2.05, 4.69) is 44.8 Å². The zero-order valence-corrected chi connectivity index (χ0v) is 12.1. The van der Waals surface area contributed by atoms with Gasteiger partial charge in [-0.1, -0.05) is 18.2 Å². The zero-order valence-electron chi connectivity index (χ0n) is 12.1. The summed E-state index contributed by atoms with van der Waals surface area (Å²) in [5.74, 6) is -0.0786. The van der Waals surface area contributed by atoms with Crippen LogP contribution < -0.4 is 10.2 Å². The van der Waals surface area contributed by atoms with Crippen LogP contribution in [-0.4, -0.2) is 45.7 Å². The van der Waals surface area contributed by atoms with Crippen LogP contribution in [0.25, 0.3) is 0 Å². The van der Waals surface area contributed by atoms with E-state index in [0.29, 0.717) is 6.54 Å². The van der Waals surface area contributed by atoms with Gasteiger partial charge in [0, 0.05) is 25.3 Å². The first-order valence-electron chi connectivity index (χ1n) is 7.07. The summed E-state index contributed by atoms with van der Waals surface area (Å²) in [4.78, 5) is 13.9. The fraction of sp³-hybridized carbons (Fsp3) is 0.429. The molecular formula is C14H20N6O. The normalized spacial score (nSPS) is 10.3. The highest BCUT2D eigenvalue weighted by atomic mass is 16.2. The van der Waals surface area contributed by atoms with Gasteiger partial charge in [0.15, 0.2) is 0 Å². The molecule has 1 aromatic heterocycles. The van der Waals surface area contributed by atoms with E-state index in [1.807, 2.05) is 18.2 Å². The number of anilines is 1. The van der Waals surface area contributed by atoms with E-state index < -0.39 is 0 Å². The van der Waals surface area contributed by atoms with Gasteiger partial charge in [0.25, 0.3) is 0 Å². The molecule has 112 valence electrons. The highest BCUT2D eigenvalue weighted by molar-refractivity contribution is 5.75. The Balaban J connectivity index is 1.67. The topological polar surface area (TPSA) is 75.9 Å². The smallest absolute Gasteiger partial charge is 0.241 e. The number of carbonyl (C=O) groups is 1. The Morgan fingerprint density at radius 1 is 1.33 bits per heavy atom. The molecule has 0 bridgehead atoms. The number of rotatable bonds is 8. The Kier molecular flexibility index (Phi) is 5.69. The third-order valence-corrected chi connectivity index (χ3v) is 3.13. The average molecular weight is 288 g/mol. The van der Waals surface area contributed by atoms with Gasteiger partial charge in [0.2, 0.25) is 5.91 Å². The molecule has 21 heavy (non-hydrogen) atoms. The average Bonchev–Trinajstić information content (AvgIpc) is 3.01. The molecule has 0 saturated carbocycles. The number of nitrogens with one attached hydrogen (secondary N) is 1. The van der Waals surface area contributed by atoms with E-state index in [-0.39, 0.29) is 12.5 Å². The number of nitrogens with zero attached hydrogens (tertiary/aromatic N) is 5. The van der Waals surface area contributed by atoms with E-state index in [0.717, 1.165) is 19.5 Å². The zero-order chi connectivity index (χ0) is 14.9. The molecule has 7 heteroatoms. The second kappa shape index (κ2) is 7.98. The molecule has 1 N–H and O–H groups in total. The van der Waals surface area contributed by atoms with Crippen LogP contribution in [0.1, 0.15) is 13.3 Å². The second-order valence-corrected chi connectivity index (χ2v) is 4.63. The summed E-state index contributed by atoms with van der Waals surface area (Å²) in [6.07, 6.45) is 2.32. The number of hydrogen-bond donors (Lipinski definition) is 1. The van der Waals surface area contributed by atoms with Gasteiger partial charge in [-0.25, -0.2) is 4.68 Å². The van der Waals surface area contributed by atoms with E-state index in [9.17, 15) is 4.79 Å². The van der Waals surface area contributed by atoms with E-state index >= 15 is 0 Å². The SMILES string of the molecule is CCN(CCCNC(=O)Cn1cnnn1)c1ccccc1. The number of tetrazole rings is 1. The molecular weight excluding hydrogens is 268 g/mol. The summed E-state index contributed by atoms with van der Waals surface area (Å²) < 4.78 is 1.40. The summed E-state index contributed by atoms with van der Waals surface area (Å²) in [7, 11) is 0. The molecule has 0 spiro atoms. The number of carbonyl (C=O) groups excluding carboxylic acids is 1. The Bertz CT molecular complexity index is 528. The van der Waals surface area contributed by atoms with E-state index in [4.69, 9.17) is 0 Å². The number of para-hydroxylation sites is 1. The van der Waals surface area contributed by atoms with Gasteiger partial charge in [-0.05, 0) is 35.9 Å². The predicted molar refractivity (Wildman–Crippen MR) is 79.8 cm³/mol. The Morgan fingerprint density at radius 2 is 2.14 bits per heavy atom. The minimum absolute atomic E-state index is 0.0786. The summed E-state index contributed by atoms with van der Waals surface area (Å²) in [6, 6.07) is 10.3. The van der Waals surface area contributed by atoms with Gasteiger partial charge >= 0.3 is 0 Å². The summed E-state index contributed by atoms with van der Waals surface area (Å²) in [5.41, 5.74) is 1.21. The molecule has 1 aromatic carbocycles. The maximum Gasteiger partial charge on any atom is 0.241 e. The van der Waals surface area contributed by atoms with Crippen molar-refractivity contribution in [3.63, 3.8) is 0 Å². The molecule has 0 saturated heterocycles. The molecule has 0 radical (unpaired) electrons. The van der Waals surface area contributed by atoms with Gasteiger partial charge in [-0.3, -0.25) is 4.79 Å². The monoisotopic (exact) mass is 288 g/mol. The molecule has 7 nitrogen and oxygen atoms in total. The van der Waals surface area contributed by atoms with Crippen LogP contribution in [0.3, 0.4) is 0 Å². The lowest BCUT2D eigenvalue weighted by molar-refractivity contribution is -0.121. The van der Waals surface area contributed by atoms with Crippen LogP contribution >= 0.6 is 0 Å². The van der Waals surface area contributed by atoms with Crippen molar-refractivity contribution in [3.8, 4) is 0 Å². The first-order valence-corrected chi connectivity index (χ1v) is 7.07. The Labute approximate surface area is 123 Å². The van der Waals surface area contributed by atoms with Crippen LogP contribution in [0.4, 0.5) is 5.69 Å². The van der Waals surface area contributed by atoms with Crippen LogP contribution in [0.5, 0.6) is 0 Å². The molecule has 0 unspecified atom stereocenters. The minimum Gasteiger partial charge on any atom is -0.372 e. The van der Waals surface area contributed by atoms with Crippen molar-refractivity contribution < 1.29 is 4.79 Å².